The van der Waals surface area contributed by atoms with Crippen LogP contribution in [0.5, 0.6) is 5.75 Å². The highest BCUT2D eigenvalue weighted by Crippen LogP contribution is 2.22. The molecule has 0 fully saturated rings. The molecule has 6 heteroatoms. The minimum Gasteiger partial charge on any atom is -0.494 e. The highest BCUT2D eigenvalue weighted by atomic mass is 32.1. The van der Waals surface area contributed by atoms with Crippen molar-refractivity contribution in [1.29, 1.82) is 0 Å². The van der Waals surface area contributed by atoms with Crippen molar-refractivity contribution in [2.24, 2.45) is 0 Å². The van der Waals surface area contributed by atoms with E-state index >= 15 is 0 Å². The Kier molecular flexibility index (Phi) is 5.09. The molecule has 1 aromatic carbocycles. The van der Waals surface area contributed by atoms with E-state index in [-0.39, 0.29) is 9.92 Å². The molecule has 2 rings (SSSR count). The van der Waals surface area contributed by atoms with Crippen molar-refractivity contribution in [1.82, 2.24) is 5.32 Å². The van der Waals surface area contributed by atoms with Gasteiger partial charge in [-0.05, 0) is 30.2 Å². The van der Waals surface area contributed by atoms with Crippen molar-refractivity contribution in [3.63, 3.8) is 0 Å². The molecule has 0 atom stereocenters. The molecule has 0 aliphatic rings. The number of rotatable bonds is 7. The standard InChI is InChI=1S/C14H16N2O3S/c1-2-19-13-5-3-4-11(6-13)8-15-9-12-7-14(16(17)18)20-10-12/h3-7,10,15H,2,8-9H2,1H3. The van der Waals surface area contributed by atoms with E-state index in [2.05, 4.69) is 5.32 Å². The molecule has 0 spiro atoms. The number of ether oxygens (including phenoxy) is 1. The molecule has 5 nitrogen and oxygen atoms in total. The molecule has 1 heterocycles. The van der Waals surface area contributed by atoms with Crippen molar-refractivity contribution < 1.29 is 9.66 Å². The van der Waals surface area contributed by atoms with E-state index in [1.54, 1.807) is 6.07 Å². The lowest BCUT2D eigenvalue weighted by atomic mass is 10.2. The van der Waals surface area contributed by atoms with Crippen LogP contribution in [0.2, 0.25) is 0 Å². The van der Waals surface area contributed by atoms with Crippen molar-refractivity contribution in [3.05, 3.63) is 57.0 Å². The topological polar surface area (TPSA) is 64.4 Å². The molecule has 0 aliphatic heterocycles. The Bertz CT molecular complexity index is 583. The smallest absolute Gasteiger partial charge is 0.324 e. The van der Waals surface area contributed by atoms with Crippen LogP contribution in [0.3, 0.4) is 0 Å². The summed E-state index contributed by atoms with van der Waals surface area (Å²) in [5, 5.41) is 15.8. The summed E-state index contributed by atoms with van der Waals surface area (Å²) in [5.41, 5.74) is 2.06. The predicted octanol–water partition coefficient (Wildman–Crippen LogP) is 3.34. The van der Waals surface area contributed by atoms with Crippen LogP contribution >= 0.6 is 11.3 Å². The second-order valence-corrected chi connectivity index (χ2v) is 5.12. The van der Waals surface area contributed by atoms with E-state index in [9.17, 15) is 10.1 Å². The van der Waals surface area contributed by atoms with E-state index in [4.69, 9.17) is 4.74 Å². The van der Waals surface area contributed by atoms with Crippen LogP contribution in [-0.4, -0.2) is 11.5 Å². The summed E-state index contributed by atoms with van der Waals surface area (Å²) in [6, 6.07) is 9.50. The summed E-state index contributed by atoms with van der Waals surface area (Å²) in [6.45, 7) is 3.91. The second-order valence-electron chi connectivity index (χ2n) is 4.23. The predicted molar refractivity (Wildman–Crippen MR) is 79.1 cm³/mol. The number of nitrogens with one attached hydrogen (secondary N) is 1. The fraction of sp³-hybridized carbons (Fsp3) is 0.286. The zero-order valence-electron chi connectivity index (χ0n) is 11.2. The van der Waals surface area contributed by atoms with Gasteiger partial charge in [-0.3, -0.25) is 10.1 Å². The average Bonchev–Trinajstić information content (AvgIpc) is 2.89. The van der Waals surface area contributed by atoms with Gasteiger partial charge in [-0.1, -0.05) is 23.5 Å². The van der Waals surface area contributed by atoms with Gasteiger partial charge in [0, 0.05) is 24.5 Å². The Hall–Kier alpha value is -1.92. The van der Waals surface area contributed by atoms with Gasteiger partial charge in [0.25, 0.3) is 0 Å². The molecule has 0 bridgehead atoms. The molecule has 106 valence electrons. The first kappa shape index (κ1) is 14.5. The number of benzene rings is 1. The molecule has 2 aromatic rings. The minimum atomic E-state index is -0.361. The molecule has 1 N–H and O–H groups in total. The summed E-state index contributed by atoms with van der Waals surface area (Å²) >= 11 is 1.15. The van der Waals surface area contributed by atoms with Crippen LogP contribution in [-0.2, 0) is 13.1 Å². The summed E-state index contributed by atoms with van der Waals surface area (Å²) < 4.78 is 5.44. The summed E-state index contributed by atoms with van der Waals surface area (Å²) in [5.74, 6) is 0.859. The van der Waals surface area contributed by atoms with E-state index in [0.29, 0.717) is 19.7 Å². The fourth-order valence-corrected chi connectivity index (χ4v) is 2.54. The molecule has 0 aliphatic carbocycles. The number of hydrogen-bond acceptors (Lipinski definition) is 5. The summed E-state index contributed by atoms with van der Waals surface area (Å²) in [7, 11) is 0. The van der Waals surface area contributed by atoms with Gasteiger partial charge in [-0.25, -0.2) is 0 Å². The Morgan fingerprint density at radius 3 is 2.80 bits per heavy atom. The van der Waals surface area contributed by atoms with Crippen LogP contribution in [0.15, 0.2) is 35.7 Å². The molecule has 0 unspecified atom stereocenters. The molecule has 0 saturated carbocycles. The lowest BCUT2D eigenvalue weighted by molar-refractivity contribution is -0.380. The number of hydrogen-bond donors (Lipinski definition) is 1. The van der Waals surface area contributed by atoms with Gasteiger partial charge >= 0.3 is 5.00 Å². The van der Waals surface area contributed by atoms with E-state index in [1.807, 2.05) is 36.6 Å². The zero-order chi connectivity index (χ0) is 14.4. The van der Waals surface area contributed by atoms with Crippen molar-refractivity contribution in [2.75, 3.05) is 6.61 Å². The third-order valence-electron chi connectivity index (χ3n) is 2.69. The minimum absolute atomic E-state index is 0.181. The van der Waals surface area contributed by atoms with Crippen molar-refractivity contribution in [2.45, 2.75) is 20.0 Å². The molecule has 0 saturated heterocycles. The normalized spacial score (nSPS) is 10.4. The van der Waals surface area contributed by atoms with E-state index in [1.165, 1.54) is 0 Å². The summed E-state index contributed by atoms with van der Waals surface area (Å²) in [4.78, 5) is 10.2. The van der Waals surface area contributed by atoms with Crippen LogP contribution in [0.4, 0.5) is 5.00 Å². The zero-order valence-corrected chi connectivity index (χ0v) is 12.0. The Morgan fingerprint density at radius 2 is 2.10 bits per heavy atom. The number of thiophene rings is 1. The number of nitrogens with zero attached hydrogens (tertiary/aromatic N) is 1. The van der Waals surface area contributed by atoms with Gasteiger partial charge in [-0.2, -0.15) is 0 Å². The highest BCUT2D eigenvalue weighted by molar-refractivity contribution is 7.13. The maximum atomic E-state index is 10.6. The lowest BCUT2D eigenvalue weighted by Gasteiger charge is -2.07. The third kappa shape index (κ3) is 4.04. The van der Waals surface area contributed by atoms with Crippen molar-refractivity contribution >= 4 is 16.3 Å². The van der Waals surface area contributed by atoms with Gasteiger partial charge in [0.15, 0.2) is 0 Å². The SMILES string of the molecule is CCOc1cccc(CNCc2csc([N+](=O)[O-])c2)c1. The average molecular weight is 292 g/mol. The van der Waals surface area contributed by atoms with Gasteiger partial charge in [0.05, 0.1) is 11.5 Å². The summed E-state index contributed by atoms with van der Waals surface area (Å²) in [6.07, 6.45) is 0. The Morgan fingerprint density at radius 1 is 1.30 bits per heavy atom. The van der Waals surface area contributed by atoms with Crippen LogP contribution in [0.25, 0.3) is 0 Å². The largest absolute Gasteiger partial charge is 0.494 e. The molecule has 20 heavy (non-hydrogen) atoms. The molecule has 1 aromatic heterocycles. The highest BCUT2D eigenvalue weighted by Gasteiger charge is 2.08. The fourth-order valence-electron chi connectivity index (χ4n) is 1.81. The van der Waals surface area contributed by atoms with Crippen LogP contribution in [0, 0.1) is 10.1 Å². The third-order valence-corrected chi connectivity index (χ3v) is 3.62. The lowest BCUT2D eigenvalue weighted by Crippen LogP contribution is -2.12. The number of nitro groups is 1. The van der Waals surface area contributed by atoms with Crippen LogP contribution < -0.4 is 10.1 Å². The molecule has 0 amide bonds. The van der Waals surface area contributed by atoms with Gasteiger partial charge in [-0.15, -0.1) is 0 Å². The van der Waals surface area contributed by atoms with E-state index < -0.39 is 0 Å². The van der Waals surface area contributed by atoms with Gasteiger partial charge < -0.3 is 10.1 Å². The second kappa shape index (κ2) is 7.02. The molecular formula is C14H16N2O3S. The van der Waals surface area contributed by atoms with Gasteiger partial charge in [0.1, 0.15) is 5.75 Å². The molecular weight excluding hydrogens is 276 g/mol. The van der Waals surface area contributed by atoms with Crippen molar-refractivity contribution in [3.8, 4) is 5.75 Å². The Balaban J connectivity index is 1.85. The van der Waals surface area contributed by atoms with Crippen LogP contribution in [0.1, 0.15) is 18.1 Å². The maximum Gasteiger partial charge on any atom is 0.324 e. The first-order valence-electron chi connectivity index (χ1n) is 6.33. The monoisotopic (exact) mass is 292 g/mol. The quantitative estimate of drug-likeness (QED) is 0.628. The molecule has 0 radical (unpaired) electrons. The first-order chi connectivity index (χ1) is 9.69. The van der Waals surface area contributed by atoms with Gasteiger partial charge in [0.2, 0.25) is 0 Å². The maximum absolute atomic E-state index is 10.6. The van der Waals surface area contributed by atoms with E-state index in [0.717, 1.165) is 28.2 Å². The Labute approximate surface area is 121 Å². The first-order valence-corrected chi connectivity index (χ1v) is 7.21.